The fourth-order valence-corrected chi connectivity index (χ4v) is 2.79. The number of hydrogen-bond donors (Lipinski definition) is 1. The number of halogens is 1. The Bertz CT molecular complexity index is 577. The van der Waals surface area contributed by atoms with Crippen molar-refractivity contribution in [2.24, 2.45) is 0 Å². The van der Waals surface area contributed by atoms with Crippen molar-refractivity contribution in [3.8, 4) is 0 Å². The lowest BCUT2D eigenvalue weighted by atomic mass is 9.93. The lowest BCUT2D eigenvalue weighted by Crippen LogP contribution is -2.24. The van der Waals surface area contributed by atoms with Gasteiger partial charge in [-0.05, 0) is 55.1 Å². The molecule has 0 aliphatic heterocycles. The zero-order chi connectivity index (χ0) is 14.5. The molecule has 0 aromatic heterocycles. The highest BCUT2D eigenvalue weighted by Gasteiger charge is 2.15. The van der Waals surface area contributed by atoms with E-state index in [1.165, 1.54) is 22.3 Å². The highest BCUT2D eigenvalue weighted by atomic mass is 35.5. The van der Waals surface area contributed by atoms with Gasteiger partial charge in [-0.3, -0.25) is 0 Å². The maximum absolute atomic E-state index is 6.30. The summed E-state index contributed by atoms with van der Waals surface area (Å²) in [5, 5.41) is 4.43. The monoisotopic (exact) mass is 287 g/mol. The first kappa shape index (κ1) is 15.1. The Balaban J connectivity index is 2.32. The molecule has 106 valence electrons. The molecule has 2 rings (SSSR count). The van der Waals surface area contributed by atoms with Crippen molar-refractivity contribution in [2.45, 2.75) is 33.2 Å². The second-order valence-corrected chi connectivity index (χ2v) is 5.60. The second kappa shape index (κ2) is 6.92. The maximum atomic E-state index is 6.30. The minimum Gasteiger partial charge on any atom is -0.310 e. The van der Waals surface area contributed by atoms with Crippen LogP contribution in [0.3, 0.4) is 0 Å². The summed E-state index contributed by atoms with van der Waals surface area (Å²) in [6, 6.07) is 14.9. The molecule has 0 bridgehead atoms. The molecule has 0 radical (unpaired) electrons. The predicted molar refractivity (Wildman–Crippen MR) is 87.5 cm³/mol. The fraction of sp³-hybridized carbons (Fsp3) is 0.333. The lowest BCUT2D eigenvalue weighted by Gasteiger charge is -2.22. The molecule has 0 fully saturated rings. The predicted octanol–water partition coefficient (Wildman–Crippen LogP) is 4.85. The number of aryl methyl sites for hydroxylation is 1. The fourth-order valence-electron chi connectivity index (χ4n) is 2.57. The summed E-state index contributed by atoms with van der Waals surface area (Å²) in [5.74, 6) is 0. The highest BCUT2D eigenvalue weighted by molar-refractivity contribution is 6.31. The molecular formula is C18H22ClN. The van der Waals surface area contributed by atoms with E-state index < -0.39 is 0 Å². The van der Waals surface area contributed by atoms with Crippen LogP contribution in [0.1, 0.15) is 35.2 Å². The Morgan fingerprint density at radius 1 is 1.05 bits per heavy atom. The van der Waals surface area contributed by atoms with Gasteiger partial charge < -0.3 is 5.32 Å². The molecule has 0 spiro atoms. The molecule has 1 atom stereocenters. The van der Waals surface area contributed by atoms with Gasteiger partial charge in [-0.15, -0.1) is 0 Å². The first-order valence-corrected chi connectivity index (χ1v) is 7.54. The molecule has 2 heteroatoms. The van der Waals surface area contributed by atoms with Gasteiger partial charge in [-0.2, -0.15) is 0 Å². The van der Waals surface area contributed by atoms with Gasteiger partial charge in [0, 0.05) is 11.1 Å². The van der Waals surface area contributed by atoms with Gasteiger partial charge in [0.15, 0.2) is 0 Å². The van der Waals surface area contributed by atoms with Crippen LogP contribution in [0, 0.1) is 13.8 Å². The second-order valence-electron chi connectivity index (χ2n) is 5.19. The maximum Gasteiger partial charge on any atom is 0.0438 e. The van der Waals surface area contributed by atoms with E-state index in [0.29, 0.717) is 6.04 Å². The molecule has 0 amide bonds. The third kappa shape index (κ3) is 3.41. The molecule has 20 heavy (non-hydrogen) atoms. The van der Waals surface area contributed by atoms with Crippen molar-refractivity contribution >= 4 is 11.6 Å². The smallest absolute Gasteiger partial charge is 0.0438 e. The van der Waals surface area contributed by atoms with Crippen LogP contribution in [0.15, 0.2) is 42.5 Å². The van der Waals surface area contributed by atoms with Crippen LogP contribution in [0.25, 0.3) is 0 Å². The largest absolute Gasteiger partial charge is 0.310 e. The van der Waals surface area contributed by atoms with Gasteiger partial charge >= 0.3 is 0 Å². The van der Waals surface area contributed by atoms with Crippen LogP contribution in [0.4, 0.5) is 0 Å². The van der Waals surface area contributed by atoms with Crippen LogP contribution in [-0.4, -0.2) is 6.54 Å². The summed E-state index contributed by atoms with van der Waals surface area (Å²) < 4.78 is 0. The van der Waals surface area contributed by atoms with Crippen LogP contribution in [0.5, 0.6) is 0 Å². The molecule has 1 N–H and O–H groups in total. The average Bonchev–Trinajstić information content (AvgIpc) is 2.44. The first-order chi connectivity index (χ1) is 9.63. The normalized spacial score (nSPS) is 12.4. The number of hydrogen-bond acceptors (Lipinski definition) is 1. The number of benzene rings is 2. The topological polar surface area (TPSA) is 12.0 Å². The molecule has 0 saturated heterocycles. The molecule has 1 unspecified atom stereocenters. The van der Waals surface area contributed by atoms with E-state index >= 15 is 0 Å². The van der Waals surface area contributed by atoms with E-state index in [1.54, 1.807) is 0 Å². The molecule has 2 aromatic rings. The van der Waals surface area contributed by atoms with Crippen molar-refractivity contribution in [3.05, 3.63) is 69.7 Å². The van der Waals surface area contributed by atoms with Crippen molar-refractivity contribution in [1.29, 1.82) is 0 Å². The van der Waals surface area contributed by atoms with Gasteiger partial charge in [-0.25, -0.2) is 0 Å². The first-order valence-electron chi connectivity index (χ1n) is 7.16. The van der Waals surface area contributed by atoms with Crippen LogP contribution in [-0.2, 0) is 6.42 Å². The number of rotatable bonds is 5. The van der Waals surface area contributed by atoms with E-state index in [1.807, 2.05) is 18.2 Å². The summed E-state index contributed by atoms with van der Waals surface area (Å²) in [6.45, 7) is 7.45. The minimum atomic E-state index is 0.305. The third-order valence-electron chi connectivity index (χ3n) is 3.85. The van der Waals surface area contributed by atoms with E-state index in [-0.39, 0.29) is 0 Å². The van der Waals surface area contributed by atoms with Gasteiger partial charge in [0.25, 0.3) is 0 Å². The van der Waals surface area contributed by atoms with E-state index in [4.69, 9.17) is 11.6 Å². The molecule has 0 saturated carbocycles. The Hall–Kier alpha value is -1.31. The molecule has 1 nitrogen and oxygen atoms in total. The molecule has 0 aliphatic rings. The van der Waals surface area contributed by atoms with Gasteiger partial charge in [0.2, 0.25) is 0 Å². The molecule has 2 aromatic carbocycles. The highest BCUT2D eigenvalue weighted by Crippen LogP contribution is 2.26. The zero-order valence-electron chi connectivity index (χ0n) is 12.4. The molecule has 0 heterocycles. The van der Waals surface area contributed by atoms with Gasteiger partial charge in [-0.1, -0.05) is 54.9 Å². The number of likely N-dealkylation sites (N-methyl/N-ethyl adjacent to an activating group) is 1. The zero-order valence-corrected chi connectivity index (χ0v) is 13.2. The van der Waals surface area contributed by atoms with Gasteiger partial charge in [0.05, 0.1) is 0 Å². The van der Waals surface area contributed by atoms with E-state index in [2.05, 4.69) is 50.4 Å². The van der Waals surface area contributed by atoms with E-state index in [9.17, 15) is 0 Å². The Morgan fingerprint density at radius 3 is 2.50 bits per heavy atom. The summed E-state index contributed by atoms with van der Waals surface area (Å²) in [6.07, 6.45) is 0.914. The standard InChI is InChI=1S/C18H22ClN/c1-4-20-18(12-15-9-5-6-11-17(15)19)16-10-7-8-13(2)14(16)3/h5-11,18,20H,4,12H2,1-3H3. The molecule has 0 aliphatic carbocycles. The van der Waals surface area contributed by atoms with Crippen LogP contribution < -0.4 is 5.32 Å². The SMILES string of the molecule is CCNC(Cc1ccccc1Cl)c1cccc(C)c1C. The van der Waals surface area contributed by atoms with Crippen molar-refractivity contribution in [2.75, 3.05) is 6.54 Å². The minimum absolute atomic E-state index is 0.305. The van der Waals surface area contributed by atoms with Crippen molar-refractivity contribution < 1.29 is 0 Å². The quantitative estimate of drug-likeness (QED) is 0.829. The van der Waals surface area contributed by atoms with Crippen molar-refractivity contribution in [1.82, 2.24) is 5.32 Å². The summed E-state index contributed by atoms with van der Waals surface area (Å²) >= 11 is 6.30. The third-order valence-corrected chi connectivity index (χ3v) is 4.22. The van der Waals surface area contributed by atoms with Gasteiger partial charge in [0.1, 0.15) is 0 Å². The number of nitrogens with one attached hydrogen (secondary N) is 1. The molecular weight excluding hydrogens is 266 g/mol. The van der Waals surface area contributed by atoms with Crippen LogP contribution in [0.2, 0.25) is 5.02 Å². The Labute approximate surface area is 127 Å². The summed E-state index contributed by atoms with van der Waals surface area (Å²) in [7, 11) is 0. The summed E-state index contributed by atoms with van der Waals surface area (Å²) in [4.78, 5) is 0. The summed E-state index contributed by atoms with van der Waals surface area (Å²) in [5.41, 5.74) is 5.27. The average molecular weight is 288 g/mol. The Morgan fingerprint density at radius 2 is 1.80 bits per heavy atom. The lowest BCUT2D eigenvalue weighted by molar-refractivity contribution is 0.547. The van der Waals surface area contributed by atoms with E-state index in [0.717, 1.165) is 18.0 Å². The van der Waals surface area contributed by atoms with Crippen LogP contribution >= 0.6 is 11.6 Å². The van der Waals surface area contributed by atoms with Crippen molar-refractivity contribution in [3.63, 3.8) is 0 Å². The Kier molecular flexibility index (Phi) is 5.22.